The maximum Gasteiger partial charge on any atom is 0.206 e. The quantitative estimate of drug-likeness (QED) is 0.841. The Hall–Kier alpha value is -1.20. The Morgan fingerprint density at radius 2 is 1.94 bits per heavy atom. The van der Waals surface area contributed by atoms with Crippen molar-refractivity contribution in [1.82, 2.24) is 4.98 Å². The number of halogens is 3. The van der Waals surface area contributed by atoms with E-state index in [9.17, 15) is 8.78 Å². The average Bonchev–Trinajstić information content (AvgIpc) is 2.65. The van der Waals surface area contributed by atoms with Gasteiger partial charge < -0.3 is 5.73 Å². The van der Waals surface area contributed by atoms with Crippen LogP contribution in [0.1, 0.15) is 13.8 Å². The van der Waals surface area contributed by atoms with Gasteiger partial charge in [-0.25, -0.2) is 9.37 Å². The van der Waals surface area contributed by atoms with Crippen LogP contribution in [0.5, 0.6) is 0 Å². The smallest absolute Gasteiger partial charge is 0.206 e. The van der Waals surface area contributed by atoms with Crippen LogP contribution in [0, 0.1) is 10.9 Å². The number of anilines is 1. The van der Waals surface area contributed by atoms with Gasteiger partial charge in [-0.1, -0.05) is 42.9 Å². The summed E-state index contributed by atoms with van der Waals surface area (Å²) < 4.78 is 26.3. The van der Waals surface area contributed by atoms with Gasteiger partial charge in [0.1, 0.15) is 11.5 Å². The van der Waals surface area contributed by atoms with Crippen LogP contribution >= 0.6 is 22.9 Å². The van der Waals surface area contributed by atoms with E-state index >= 15 is 0 Å². The molecule has 2 rings (SSSR count). The predicted molar refractivity (Wildman–Crippen MR) is 68.2 cm³/mol. The highest BCUT2D eigenvalue weighted by Crippen LogP contribution is 2.29. The van der Waals surface area contributed by atoms with E-state index in [1.165, 1.54) is 12.1 Å². The molecular weight excluding hydrogens is 266 g/mol. The van der Waals surface area contributed by atoms with Gasteiger partial charge in [0.25, 0.3) is 0 Å². The van der Waals surface area contributed by atoms with Gasteiger partial charge in [-0.15, -0.1) is 0 Å². The first-order chi connectivity index (χ1) is 8.08. The van der Waals surface area contributed by atoms with Crippen molar-refractivity contribution in [2.24, 2.45) is 0 Å². The van der Waals surface area contributed by atoms with E-state index in [0.717, 1.165) is 17.4 Å². The first kappa shape index (κ1) is 13.9. The minimum Gasteiger partial charge on any atom is -0.375 e. The molecule has 17 heavy (non-hydrogen) atoms. The molecule has 0 saturated carbocycles. The average molecular weight is 277 g/mol. The number of nitrogens with zero attached hydrogens (tertiary/aromatic N) is 1. The van der Waals surface area contributed by atoms with Gasteiger partial charge in [-0.2, -0.15) is 4.39 Å². The van der Waals surface area contributed by atoms with Crippen LogP contribution in [0.25, 0.3) is 11.3 Å². The van der Waals surface area contributed by atoms with Crippen LogP contribution in [0.4, 0.5) is 13.9 Å². The van der Waals surface area contributed by atoms with Gasteiger partial charge in [0, 0.05) is 5.56 Å². The van der Waals surface area contributed by atoms with Gasteiger partial charge in [0.15, 0.2) is 5.13 Å². The molecular formula is C11H11ClF2N2S. The summed E-state index contributed by atoms with van der Waals surface area (Å²) in [5.41, 5.74) is 5.70. The van der Waals surface area contributed by atoms with E-state index in [4.69, 9.17) is 17.3 Å². The molecule has 1 aromatic heterocycles. The Morgan fingerprint density at radius 1 is 1.29 bits per heavy atom. The van der Waals surface area contributed by atoms with Crippen molar-refractivity contribution in [1.29, 1.82) is 0 Å². The Bertz CT molecular complexity index is 514. The van der Waals surface area contributed by atoms with Crippen molar-refractivity contribution in [3.63, 3.8) is 0 Å². The first-order valence-corrected chi connectivity index (χ1v) is 6.14. The van der Waals surface area contributed by atoms with Gasteiger partial charge >= 0.3 is 0 Å². The molecule has 2 N–H and O–H groups in total. The molecule has 92 valence electrons. The molecule has 0 saturated heterocycles. The fourth-order valence-electron chi connectivity index (χ4n) is 1.14. The molecule has 1 aromatic carbocycles. The molecule has 2 aromatic rings. The number of benzene rings is 1. The third kappa shape index (κ3) is 3.14. The number of nitrogen functional groups attached to an aromatic ring is 1. The molecule has 0 unspecified atom stereocenters. The highest BCUT2D eigenvalue weighted by Gasteiger charge is 2.12. The number of hydrogen-bond acceptors (Lipinski definition) is 3. The lowest BCUT2D eigenvalue weighted by Crippen LogP contribution is -1.86. The van der Waals surface area contributed by atoms with Gasteiger partial charge in [-0.3, -0.25) is 0 Å². The van der Waals surface area contributed by atoms with Crippen LogP contribution < -0.4 is 5.73 Å². The molecule has 0 bridgehead atoms. The van der Waals surface area contributed by atoms with Gasteiger partial charge in [0.2, 0.25) is 5.13 Å². The molecule has 0 amide bonds. The molecule has 0 radical (unpaired) electrons. The maximum atomic E-state index is 13.2. The van der Waals surface area contributed by atoms with E-state index in [1.807, 2.05) is 13.8 Å². The lowest BCUT2D eigenvalue weighted by atomic mass is 10.2. The third-order valence-corrected chi connectivity index (χ3v) is 2.77. The predicted octanol–water partition coefficient (Wildman–Crippen LogP) is 4.35. The second kappa shape index (κ2) is 5.93. The standard InChI is InChI=1S/C9H5ClF2N2S.C2H6/c10-5-2-1-4(3-6(5)11)7-8(12)15-9(13)14-7;1-2/h1-3H,(H2,13,14);1-2H3. The molecule has 6 heteroatoms. The Morgan fingerprint density at radius 3 is 2.41 bits per heavy atom. The SMILES string of the molecule is CC.Nc1nc(-c2ccc(Cl)c(F)c2)c(F)s1. The fourth-order valence-corrected chi connectivity index (χ4v) is 1.84. The number of aromatic nitrogens is 1. The second-order valence-electron chi connectivity index (χ2n) is 2.80. The molecule has 0 aliphatic carbocycles. The summed E-state index contributed by atoms with van der Waals surface area (Å²) in [6, 6.07) is 3.96. The van der Waals surface area contributed by atoms with E-state index in [2.05, 4.69) is 4.98 Å². The van der Waals surface area contributed by atoms with E-state index < -0.39 is 10.9 Å². The highest BCUT2D eigenvalue weighted by atomic mass is 35.5. The molecule has 2 nitrogen and oxygen atoms in total. The summed E-state index contributed by atoms with van der Waals surface area (Å²) in [6.45, 7) is 4.00. The molecule has 0 aliphatic heterocycles. The zero-order chi connectivity index (χ0) is 13.0. The van der Waals surface area contributed by atoms with Gasteiger partial charge in [0.05, 0.1) is 5.02 Å². The van der Waals surface area contributed by atoms with Crippen LogP contribution in [-0.2, 0) is 0 Å². The number of nitrogens with two attached hydrogens (primary N) is 1. The van der Waals surface area contributed by atoms with Crippen LogP contribution in [-0.4, -0.2) is 4.98 Å². The van der Waals surface area contributed by atoms with Gasteiger partial charge in [-0.05, 0) is 12.1 Å². The molecule has 0 fully saturated rings. The van der Waals surface area contributed by atoms with Crippen molar-refractivity contribution in [2.45, 2.75) is 13.8 Å². The van der Waals surface area contributed by atoms with E-state index in [-0.39, 0.29) is 15.8 Å². The summed E-state index contributed by atoms with van der Waals surface area (Å²) in [5.74, 6) is -0.611. The highest BCUT2D eigenvalue weighted by molar-refractivity contribution is 7.14. The molecule has 0 spiro atoms. The lowest BCUT2D eigenvalue weighted by molar-refractivity contribution is 0.628. The van der Waals surface area contributed by atoms with Crippen LogP contribution in [0.15, 0.2) is 18.2 Å². The first-order valence-electron chi connectivity index (χ1n) is 4.95. The Kier molecular flexibility index (Phi) is 4.84. The normalized spacial score (nSPS) is 9.71. The van der Waals surface area contributed by atoms with Crippen LogP contribution in [0.2, 0.25) is 5.02 Å². The Labute approximate surface area is 107 Å². The largest absolute Gasteiger partial charge is 0.375 e. The fraction of sp³-hybridized carbons (Fsp3) is 0.182. The summed E-state index contributed by atoms with van der Waals surface area (Å²) >= 11 is 6.22. The van der Waals surface area contributed by atoms with Crippen molar-refractivity contribution in [3.05, 3.63) is 34.2 Å². The second-order valence-corrected chi connectivity index (χ2v) is 4.19. The monoisotopic (exact) mass is 276 g/mol. The lowest BCUT2D eigenvalue weighted by Gasteiger charge is -1.98. The molecule has 0 atom stereocenters. The number of rotatable bonds is 1. The summed E-state index contributed by atoms with van der Waals surface area (Å²) in [7, 11) is 0. The van der Waals surface area contributed by atoms with E-state index in [1.54, 1.807) is 0 Å². The zero-order valence-electron chi connectivity index (χ0n) is 9.30. The summed E-state index contributed by atoms with van der Waals surface area (Å²) in [5, 5.41) is -0.436. The van der Waals surface area contributed by atoms with E-state index in [0.29, 0.717) is 5.56 Å². The minimum absolute atomic E-state index is 0.0117. The number of hydrogen-bond donors (Lipinski definition) is 1. The van der Waals surface area contributed by atoms with Crippen molar-refractivity contribution in [2.75, 3.05) is 5.73 Å². The molecule has 1 heterocycles. The summed E-state index contributed by atoms with van der Waals surface area (Å²) in [4.78, 5) is 3.76. The Balaban J connectivity index is 0.000000686. The zero-order valence-corrected chi connectivity index (χ0v) is 10.9. The maximum absolute atomic E-state index is 13.2. The minimum atomic E-state index is -0.611. The van der Waals surface area contributed by atoms with Crippen molar-refractivity contribution in [3.8, 4) is 11.3 Å². The topological polar surface area (TPSA) is 38.9 Å². The van der Waals surface area contributed by atoms with Crippen molar-refractivity contribution >= 4 is 28.1 Å². The van der Waals surface area contributed by atoms with Crippen LogP contribution in [0.3, 0.4) is 0 Å². The third-order valence-electron chi connectivity index (χ3n) is 1.80. The summed E-state index contributed by atoms with van der Waals surface area (Å²) in [6.07, 6.45) is 0. The number of thiazole rings is 1. The van der Waals surface area contributed by atoms with Crippen molar-refractivity contribution < 1.29 is 8.78 Å². The molecule has 0 aliphatic rings.